The molecule has 0 aliphatic carbocycles. The SMILES string of the molecule is CCOc1ccccc1Nc1nc(C)cc(C(=O)Nc2ccccc2F)n1. The van der Waals surface area contributed by atoms with Crippen molar-refractivity contribution in [1.29, 1.82) is 0 Å². The molecule has 0 unspecified atom stereocenters. The van der Waals surface area contributed by atoms with Crippen LogP contribution in [0.5, 0.6) is 5.75 Å². The van der Waals surface area contributed by atoms with Gasteiger partial charge >= 0.3 is 0 Å². The van der Waals surface area contributed by atoms with E-state index in [0.29, 0.717) is 23.7 Å². The highest BCUT2D eigenvalue weighted by atomic mass is 19.1. The number of amides is 1. The molecule has 7 heteroatoms. The molecule has 2 aromatic carbocycles. The zero-order valence-electron chi connectivity index (χ0n) is 15.0. The van der Waals surface area contributed by atoms with E-state index < -0.39 is 11.7 Å². The lowest BCUT2D eigenvalue weighted by molar-refractivity contribution is 0.102. The number of anilines is 3. The second-order valence-electron chi connectivity index (χ2n) is 5.71. The standard InChI is InChI=1S/C20H19FN4O2/c1-3-27-18-11-7-6-10-16(18)24-20-22-13(2)12-17(25-20)19(26)23-15-9-5-4-8-14(15)21/h4-12H,3H2,1-2H3,(H,23,26)(H,22,24,25). The molecule has 0 saturated heterocycles. The van der Waals surface area contributed by atoms with Crippen LogP contribution in [0.4, 0.5) is 21.7 Å². The Kier molecular flexibility index (Phi) is 5.61. The van der Waals surface area contributed by atoms with E-state index in [0.717, 1.165) is 0 Å². The smallest absolute Gasteiger partial charge is 0.274 e. The molecule has 1 aromatic heterocycles. The van der Waals surface area contributed by atoms with Gasteiger partial charge in [-0.3, -0.25) is 4.79 Å². The van der Waals surface area contributed by atoms with Gasteiger partial charge in [0.15, 0.2) is 0 Å². The minimum atomic E-state index is -0.522. The van der Waals surface area contributed by atoms with Crippen molar-refractivity contribution >= 4 is 23.2 Å². The maximum Gasteiger partial charge on any atom is 0.274 e. The third-order valence-electron chi connectivity index (χ3n) is 3.64. The topological polar surface area (TPSA) is 76.1 Å². The number of nitrogens with zero attached hydrogens (tertiary/aromatic N) is 2. The molecule has 3 rings (SSSR count). The van der Waals surface area contributed by atoms with Gasteiger partial charge in [-0.15, -0.1) is 0 Å². The van der Waals surface area contributed by atoms with Gasteiger partial charge in [0.05, 0.1) is 18.0 Å². The fourth-order valence-electron chi connectivity index (χ4n) is 2.46. The Bertz CT molecular complexity index is 962. The predicted molar refractivity (Wildman–Crippen MR) is 102 cm³/mol. The van der Waals surface area contributed by atoms with Crippen molar-refractivity contribution in [3.05, 3.63) is 71.8 Å². The summed E-state index contributed by atoms with van der Waals surface area (Å²) < 4.78 is 19.3. The molecule has 27 heavy (non-hydrogen) atoms. The van der Waals surface area contributed by atoms with Crippen LogP contribution >= 0.6 is 0 Å². The molecule has 138 valence electrons. The largest absolute Gasteiger partial charge is 0.492 e. The van der Waals surface area contributed by atoms with Crippen molar-refractivity contribution in [3.8, 4) is 5.75 Å². The minimum absolute atomic E-state index is 0.0926. The van der Waals surface area contributed by atoms with Crippen LogP contribution in [-0.4, -0.2) is 22.5 Å². The number of aryl methyl sites for hydroxylation is 1. The van der Waals surface area contributed by atoms with Gasteiger partial charge in [0, 0.05) is 5.69 Å². The van der Waals surface area contributed by atoms with E-state index in [1.807, 2.05) is 31.2 Å². The molecule has 0 spiro atoms. The molecule has 6 nitrogen and oxygen atoms in total. The highest BCUT2D eigenvalue weighted by molar-refractivity contribution is 6.03. The van der Waals surface area contributed by atoms with Crippen molar-refractivity contribution < 1.29 is 13.9 Å². The van der Waals surface area contributed by atoms with Gasteiger partial charge < -0.3 is 15.4 Å². The number of para-hydroxylation sites is 3. The maximum atomic E-state index is 13.8. The second kappa shape index (κ2) is 8.27. The molecule has 2 N–H and O–H groups in total. The Morgan fingerprint density at radius 3 is 2.52 bits per heavy atom. The van der Waals surface area contributed by atoms with Crippen molar-refractivity contribution in [1.82, 2.24) is 9.97 Å². The van der Waals surface area contributed by atoms with Gasteiger partial charge in [0.25, 0.3) is 5.91 Å². The van der Waals surface area contributed by atoms with Gasteiger partial charge in [-0.1, -0.05) is 24.3 Å². The number of hydrogen-bond donors (Lipinski definition) is 2. The number of rotatable bonds is 6. The highest BCUT2D eigenvalue weighted by Gasteiger charge is 2.14. The summed E-state index contributed by atoms with van der Waals surface area (Å²) in [5, 5.41) is 5.59. The van der Waals surface area contributed by atoms with E-state index in [2.05, 4.69) is 20.6 Å². The quantitative estimate of drug-likeness (QED) is 0.679. The van der Waals surface area contributed by atoms with Gasteiger partial charge in [0.2, 0.25) is 5.95 Å². The maximum absolute atomic E-state index is 13.8. The number of nitrogens with one attached hydrogen (secondary N) is 2. The Morgan fingerprint density at radius 2 is 1.78 bits per heavy atom. The van der Waals surface area contributed by atoms with Crippen LogP contribution in [0.1, 0.15) is 23.1 Å². The molecular formula is C20H19FN4O2. The number of benzene rings is 2. The van der Waals surface area contributed by atoms with Crippen LogP contribution in [-0.2, 0) is 0 Å². The summed E-state index contributed by atoms with van der Waals surface area (Å²) in [6.07, 6.45) is 0. The summed E-state index contributed by atoms with van der Waals surface area (Å²) in [6.45, 7) is 4.16. The molecule has 0 saturated carbocycles. The summed E-state index contributed by atoms with van der Waals surface area (Å²) in [7, 11) is 0. The predicted octanol–water partition coefficient (Wildman–Crippen LogP) is 4.32. The van der Waals surface area contributed by atoms with E-state index in [1.165, 1.54) is 18.2 Å². The lowest BCUT2D eigenvalue weighted by atomic mass is 10.2. The third-order valence-corrected chi connectivity index (χ3v) is 3.64. The van der Waals surface area contributed by atoms with Crippen molar-refractivity contribution in [2.45, 2.75) is 13.8 Å². The molecule has 0 aliphatic rings. The lowest BCUT2D eigenvalue weighted by Crippen LogP contribution is -2.16. The number of carbonyl (C=O) groups excluding carboxylic acids is 1. The van der Waals surface area contributed by atoms with Crippen LogP contribution in [0.2, 0.25) is 0 Å². The number of carbonyl (C=O) groups is 1. The summed E-state index contributed by atoms with van der Waals surface area (Å²) in [5.41, 5.74) is 1.50. The molecule has 1 heterocycles. The van der Waals surface area contributed by atoms with E-state index in [9.17, 15) is 9.18 Å². The zero-order chi connectivity index (χ0) is 19.2. The van der Waals surface area contributed by atoms with Gasteiger partial charge in [-0.05, 0) is 44.2 Å². The molecule has 0 bridgehead atoms. The minimum Gasteiger partial charge on any atom is -0.492 e. The fraction of sp³-hybridized carbons (Fsp3) is 0.150. The van der Waals surface area contributed by atoms with Gasteiger partial charge in [0.1, 0.15) is 17.3 Å². The van der Waals surface area contributed by atoms with E-state index in [-0.39, 0.29) is 17.3 Å². The fourth-order valence-corrected chi connectivity index (χ4v) is 2.46. The Balaban J connectivity index is 1.84. The average molecular weight is 366 g/mol. The lowest BCUT2D eigenvalue weighted by Gasteiger charge is -2.12. The van der Waals surface area contributed by atoms with Crippen LogP contribution in [0.3, 0.4) is 0 Å². The molecule has 3 aromatic rings. The van der Waals surface area contributed by atoms with Crippen molar-refractivity contribution in [2.75, 3.05) is 17.2 Å². The number of ether oxygens (including phenoxy) is 1. The first-order valence-corrected chi connectivity index (χ1v) is 8.47. The first-order valence-electron chi connectivity index (χ1n) is 8.47. The van der Waals surface area contributed by atoms with E-state index in [1.54, 1.807) is 19.1 Å². The van der Waals surface area contributed by atoms with Crippen LogP contribution < -0.4 is 15.4 Å². The van der Waals surface area contributed by atoms with Crippen molar-refractivity contribution in [2.24, 2.45) is 0 Å². The average Bonchev–Trinajstić information content (AvgIpc) is 2.65. The summed E-state index contributed by atoms with van der Waals surface area (Å²) >= 11 is 0. The summed E-state index contributed by atoms with van der Waals surface area (Å²) in [6, 6.07) is 14.9. The normalized spacial score (nSPS) is 10.3. The van der Waals surface area contributed by atoms with Crippen LogP contribution in [0.15, 0.2) is 54.6 Å². The van der Waals surface area contributed by atoms with Gasteiger partial charge in [-0.25, -0.2) is 14.4 Å². The first-order chi connectivity index (χ1) is 13.1. The second-order valence-corrected chi connectivity index (χ2v) is 5.71. The number of hydrogen-bond acceptors (Lipinski definition) is 5. The molecule has 0 fully saturated rings. The molecule has 1 amide bonds. The van der Waals surface area contributed by atoms with E-state index in [4.69, 9.17) is 4.74 Å². The summed E-state index contributed by atoms with van der Waals surface area (Å²) in [5.74, 6) is -0.129. The van der Waals surface area contributed by atoms with E-state index >= 15 is 0 Å². The Labute approximate surface area is 156 Å². The first kappa shape index (κ1) is 18.3. The molecule has 0 atom stereocenters. The van der Waals surface area contributed by atoms with Gasteiger partial charge in [-0.2, -0.15) is 0 Å². The third kappa shape index (κ3) is 4.58. The summed E-state index contributed by atoms with van der Waals surface area (Å²) in [4.78, 5) is 21.0. The Hall–Kier alpha value is -3.48. The molecule has 0 aliphatic heterocycles. The van der Waals surface area contributed by atoms with Crippen LogP contribution in [0, 0.1) is 12.7 Å². The molecular weight excluding hydrogens is 347 g/mol. The highest BCUT2D eigenvalue weighted by Crippen LogP contribution is 2.26. The number of aromatic nitrogens is 2. The zero-order valence-corrected chi connectivity index (χ0v) is 15.0. The van der Waals surface area contributed by atoms with Crippen molar-refractivity contribution in [3.63, 3.8) is 0 Å². The molecule has 0 radical (unpaired) electrons. The monoisotopic (exact) mass is 366 g/mol. The van der Waals surface area contributed by atoms with Crippen LogP contribution in [0.25, 0.3) is 0 Å². The number of halogens is 1. The Morgan fingerprint density at radius 1 is 1.07 bits per heavy atom.